The summed E-state index contributed by atoms with van der Waals surface area (Å²) >= 11 is 0. The van der Waals surface area contributed by atoms with E-state index in [9.17, 15) is 9.59 Å². The zero-order chi connectivity index (χ0) is 11.1. The summed E-state index contributed by atoms with van der Waals surface area (Å²) in [5.41, 5.74) is 4.75. The fourth-order valence-electron chi connectivity index (χ4n) is 0.902. The number of amides is 2. The molecule has 0 saturated carbocycles. The Bertz CT molecular complexity index is 206. The molecule has 0 aromatic rings. The highest BCUT2D eigenvalue weighted by molar-refractivity contribution is 5.80. The minimum atomic E-state index is -0.807. The summed E-state index contributed by atoms with van der Waals surface area (Å²) < 4.78 is 4.48. The lowest BCUT2D eigenvalue weighted by atomic mass is 10.3. The van der Waals surface area contributed by atoms with Gasteiger partial charge in [0.05, 0.1) is 6.04 Å². The molecule has 2 amide bonds. The fourth-order valence-corrected chi connectivity index (χ4v) is 0.902. The Morgan fingerprint density at radius 1 is 1.50 bits per heavy atom. The van der Waals surface area contributed by atoms with Gasteiger partial charge in [0.15, 0.2) is 0 Å². The predicted octanol–water partition coefficient (Wildman–Crippen LogP) is -0.852. The summed E-state index contributed by atoms with van der Waals surface area (Å²) in [6.45, 7) is 2.32. The van der Waals surface area contributed by atoms with Gasteiger partial charge in [-0.15, -0.1) is 0 Å². The van der Waals surface area contributed by atoms with Crippen LogP contribution in [0.2, 0.25) is 0 Å². The van der Waals surface area contributed by atoms with Crippen LogP contribution in [0.15, 0.2) is 0 Å². The third kappa shape index (κ3) is 5.36. The Morgan fingerprint density at radius 3 is 2.50 bits per heavy atom. The van der Waals surface area contributed by atoms with Crippen molar-refractivity contribution in [3.8, 4) is 0 Å². The SMILES string of the molecule is CC(NCCOC(N)=O)C(=O)N(C)C. The molecule has 3 N–H and O–H groups in total. The molecule has 0 rings (SSSR count). The first-order valence-electron chi connectivity index (χ1n) is 4.32. The van der Waals surface area contributed by atoms with Crippen molar-refractivity contribution in [1.29, 1.82) is 0 Å². The van der Waals surface area contributed by atoms with Gasteiger partial charge < -0.3 is 20.7 Å². The number of rotatable bonds is 5. The number of primary amides is 1. The Balaban J connectivity index is 3.59. The van der Waals surface area contributed by atoms with Crippen LogP contribution in [0.5, 0.6) is 0 Å². The molecular weight excluding hydrogens is 186 g/mol. The van der Waals surface area contributed by atoms with Crippen LogP contribution in [0.25, 0.3) is 0 Å². The summed E-state index contributed by atoms with van der Waals surface area (Å²) in [4.78, 5) is 23.0. The number of nitrogens with two attached hydrogens (primary N) is 1. The zero-order valence-electron chi connectivity index (χ0n) is 8.74. The zero-order valence-corrected chi connectivity index (χ0v) is 8.74. The van der Waals surface area contributed by atoms with Gasteiger partial charge in [0.1, 0.15) is 6.61 Å². The summed E-state index contributed by atoms with van der Waals surface area (Å²) in [5, 5.41) is 2.90. The van der Waals surface area contributed by atoms with E-state index >= 15 is 0 Å². The van der Waals surface area contributed by atoms with Crippen LogP contribution in [0.3, 0.4) is 0 Å². The van der Waals surface area contributed by atoms with E-state index in [4.69, 9.17) is 5.73 Å². The van der Waals surface area contributed by atoms with Gasteiger partial charge in [-0.25, -0.2) is 4.79 Å². The van der Waals surface area contributed by atoms with Gasteiger partial charge in [-0.1, -0.05) is 0 Å². The molecule has 0 radical (unpaired) electrons. The molecule has 6 nitrogen and oxygen atoms in total. The van der Waals surface area contributed by atoms with Crippen molar-refractivity contribution in [3.05, 3.63) is 0 Å². The molecule has 1 atom stereocenters. The lowest BCUT2D eigenvalue weighted by Gasteiger charge is -2.17. The lowest BCUT2D eigenvalue weighted by Crippen LogP contribution is -2.42. The molecule has 0 fully saturated rings. The highest BCUT2D eigenvalue weighted by Gasteiger charge is 2.13. The Kier molecular flexibility index (Phi) is 5.62. The van der Waals surface area contributed by atoms with E-state index in [1.54, 1.807) is 21.0 Å². The first kappa shape index (κ1) is 12.7. The highest BCUT2D eigenvalue weighted by atomic mass is 16.5. The Hall–Kier alpha value is -1.30. The second-order valence-electron chi connectivity index (χ2n) is 3.08. The second kappa shape index (κ2) is 6.20. The summed E-state index contributed by atoms with van der Waals surface area (Å²) in [7, 11) is 3.36. The molecule has 82 valence electrons. The van der Waals surface area contributed by atoms with Crippen LogP contribution >= 0.6 is 0 Å². The molecule has 0 aliphatic rings. The van der Waals surface area contributed by atoms with Crippen molar-refractivity contribution >= 4 is 12.0 Å². The van der Waals surface area contributed by atoms with Gasteiger partial charge in [-0.3, -0.25) is 4.79 Å². The fraction of sp³-hybridized carbons (Fsp3) is 0.750. The lowest BCUT2D eigenvalue weighted by molar-refractivity contribution is -0.130. The molecular formula is C8H17N3O3. The van der Waals surface area contributed by atoms with Crippen LogP contribution in [0.4, 0.5) is 4.79 Å². The van der Waals surface area contributed by atoms with E-state index in [0.717, 1.165) is 0 Å². The smallest absolute Gasteiger partial charge is 0.404 e. The Morgan fingerprint density at radius 2 is 2.07 bits per heavy atom. The number of hydrogen-bond donors (Lipinski definition) is 2. The summed E-state index contributed by atoms with van der Waals surface area (Å²) in [6.07, 6.45) is -0.807. The largest absolute Gasteiger partial charge is 0.448 e. The first-order chi connectivity index (χ1) is 6.45. The van der Waals surface area contributed by atoms with Crippen molar-refractivity contribution in [1.82, 2.24) is 10.2 Å². The first-order valence-corrected chi connectivity index (χ1v) is 4.32. The van der Waals surface area contributed by atoms with Gasteiger partial charge in [0, 0.05) is 20.6 Å². The standard InChI is InChI=1S/C8H17N3O3/c1-6(7(12)11(2)3)10-4-5-14-8(9)13/h6,10H,4-5H2,1-3H3,(H2,9,13). The molecule has 0 spiro atoms. The van der Waals surface area contributed by atoms with E-state index in [1.165, 1.54) is 4.90 Å². The average Bonchev–Trinajstić information content (AvgIpc) is 2.10. The third-order valence-corrected chi connectivity index (χ3v) is 1.61. The third-order valence-electron chi connectivity index (χ3n) is 1.61. The number of ether oxygens (including phenoxy) is 1. The molecule has 14 heavy (non-hydrogen) atoms. The number of nitrogens with zero attached hydrogens (tertiary/aromatic N) is 1. The summed E-state index contributed by atoms with van der Waals surface area (Å²) in [6, 6.07) is -0.290. The molecule has 0 aromatic carbocycles. The molecule has 0 bridgehead atoms. The Labute approximate surface area is 83.4 Å². The van der Waals surface area contributed by atoms with E-state index in [1.807, 2.05) is 0 Å². The minimum Gasteiger partial charge on any atom is -0.448 e. The normalized spacial score (nSPS) is 11.9. The molecule has 6 heteroatoms. The molecule has 0 aliphatic carbocycles. The highest BCUT2D eigenvalue weighted by Crippen LogP contribution is 1.87. The van der Waals surface area contributed by atoms with Crippen LogP contribution in [0.1, 0.15) is 6.92 Å². The van der Waals surface area contributed by atoms with Crippen LogP contribution in [0, 0.1) is 0 Å². The predicted molar refractivity (Wildman–Crippen MR) is 51.7 cm³/mol. The van der Waals surface area contributed by atoms with E-state index in [0.29, 0.717) is 6.54 Å². The maximum atomic E-state index is 11.3. The van der Waals surface area contributed by atoms with Crippen LogP contribution < -0.4 is 11.1 Å². The van der Waals surface area contributed by atoms with Crippen LogP contribution in [-0.4, -0.2) is 50.2 Å². The molecule has 0 aromatic heterocycles. The van der Waals surface area contributed by atoms with Crippen molar-refractivity contribution in [2.75, 3.05) is 27.2 Å². The minimum absolute atomic E-state index is 0.0240. The second-order valence-corrected chi connectivity index (χ2v) is 3.08. The quantitative estimate of drug-likeness (QED) is 0.570. The monoisotopic (exact) mass is 203 g/mol. The van der Waals surface area contributed by atoms with Gasteiger partial charge in [0.25, 0.3) is 0 Å². The van der Waals surface area contributed by atoms with Gasteiger partial charge in [-0.05, 0) is 6.92 Å². The average molecular weight is 203 g/mol. The molecule has 0 heterocycles. The van der Waals surface area contributed by atoms with Crippen molar-refractivity contribution in [3.63, 3.8) is 0 Å². The van der Waals surface area contributed by atoms with Gasteiger partial charge in [0.2, 0.25) is 5.91 Å². The number of likely N-dealkylation sites (N-methyl/N-ethyl adjacent to an activating group) is 1. The summed E-state index contributed by atoms with van der Waals surface area (Å²) in [5.74, 6) is -0.0240. The molecule has 1 unspecified atom stereocenters. The van der Waals surface area contributed by atoms with Crippen LogP contribution in [-0.2, 0) is 9.53 Å². The molecule has 0 saturated heterocycles. The maximum absolute atomic E-state index is 11.3. The number of carbonyl (C=O) groups is 2. The van der Waals surface area contributed by atoms with Gasteiger partial charge in [-0.2, -0.15) is 0 Å². The number of carbonyl (C=O) groups excluding carboxylic acids is 2. The van der Waals surface area contributed by atoms with E-state index in [2.05, 4.69) is 10.1 Å². The molecule has 0 aliphatic heterocycles. The topological polar surface area (TPSA) is 84.7 Å². The van der Waals surface area contributed by atoms with Gasteiger partial charge >= 0.3 is 6.09 Å². The van der Waals surface area contributed by atoms with Crippen molar-refractivity contribution in [2.45, 2.75) is 13.0 Å². The number of nitrogens with one attached hydrogen (secondary N) is 1. The van der Waals surface area contributed by atoms with Crippen molar-refractivity contribution < 1.29 is 14.3 Å². The van der Waals surface area contributed by atoms with E-state index < -0.39 is 6.09 Å². The maximum Gasteiger partial charge on any atom is 0.404 e. The number of hydrogen-bond acceptors (Lipinski definition) is 4. The van der Waals surface area contributed by atoms with E-state index in [-0.39, 0.29) is 18.6 Å². The van der Waals surface area contributed by atoms with Crippen molar-refractivity contribution in [2.24, 2.45) is 5.73 Å².